The van der Waals surface area contributed by atoms with Crippen molar-refractivity contribution in [2.24, 2.45) is 0 Å². The van der Waals surface area contributed by atoms with E-state index in [0.29, 0.717) is 29.1 Å². The van der Waals surface area contributed by atoms with Crippen LogP contribution in [0.1, 0.15) is 38.7 Å². The average molecular weight is 491 g/mol. The standard InChI is InChI=1S/C26H26ClF3N2O2/c1-4-25(3)23(18-6-5-7-22(16-18)34-26(28,29)30)31(20-14-10-19(27)11-15-20)24(33)32(25)21-12-8-17(2)9-13-21/h6,8-16,23H,4-5,7H2,1-3H3. The number of amides is 2. The molecule has 0 radical (unpaired) electrons. The van der Waals surface area contributed by atoms with Crippen LogP contribution >= 0.6 is 11.6 Å². The van der Waals surface area contributed by atoms with Gasteiger partial charge < -0.3 is 4.74 Å². The molecule has 1 aliphatic heterocycles. The maximum absolute atomic E-state index is 14.0. The summed E-state index contributed by atoms with van der Waals surface area (Å²) in [6.45, 7) is 5.92. The van der Waals surface area contributed by atoms with E-state index < -0.39 is 17.9 Å². The van der Waals surface area contributed by atoms with Gasteiger partial charge in [-0.1, -0.05) is 42.3 Å². The molecule has 2 aromatic carbocycles. The SMILES string of the molecule is CCC1(C)C(C2=CCCC(OC(F)(F)F)=C2)N(c2ccc(Cl)cc2)C(=O)N1c1ccc(C)cc1. The summed E-state index contributed by atoms with van der Waals surface area (Å²) in [7, 11) is 0. The molecule has 34 heavy (non-hydrogen) atoms. The van der Waals surface area contributed by atoms with Gasteiger partial charge in [0.05, 0.1) is 11.6 Å². The Kier molecular flexibility index (Phi) is 6.42. The van der Waals surface area contributed by atoms with Crippen molar-refractivity contribution in [2.45, 2.75) is 58.0 Å². The number of halogens is 4. The van der Waals surface area contributed by atoms with Crippen LogP contribution in [0.15, 0.2) is 72.0 Å². The summed E-state index contributed by atoms with van der Waals surface area (Å²) in [5.74, 6) is -0.152. The number of rotatable bonds is 5. The first-order chi connectivity index (χ1) is 16.0. The van der Waals surface area contributed by atoms with Crippen molar-refractivity contribution in [3.05, 3.63) is 82.6 Å². The van der Waals surface area contributed by atoms with Gasteiger partial charge in [-0.15, -0.1) is 13.2 Å². The molecule has 180 valence electrons. The summed E-state index contributed by atoms with van der Waals surface area (Å²) >= 11 is 6.09. The van der Waals surface area contributed by atoms with E-state index in [1.54, 1.807) is 34.1 Å². The lowest BCUT2D eigenvalue weighted by Gasteiger charge is -2.39. The first kappa shape index (κ1) is 24.2. The largest absolute Gasteiger partial charge is 0.572 e. The van der Waals surface area contributed by atoms with Gasteiger partial charge in [0.2, 0.25) is 0 Å². The van der Waals surface area contributed by atoms with E-state index in [-0.39, 0.29) is 18.2 Å². The molecule has 2 amide bonds. The van der Waals surface area contributed by atoms with Crippen molar-refractivity contribution in [3.8, 4) is 0 Å². The van der Waals surface area contributed by atoms with Crippen LogP contribution in [0.3, 0.4) is 0 Å². The van der Waals surface area contributed by atoms with E-state index in [1.165, 1.54) is 6.08 Å². The summed E-state index contributed by atoms with van der Waals surface area (Å²) in [6.07, 6.45) is -0.323. The lowest BCUT2D eigenvalue weighted by molar-refractivity contribution is -0.306. The number of carbonyl (C=O) groups is 1. The fourth-order valence-electron chi connectivity index (χ4n) is 4.77. The van der Waals surface area contributed by atoms with Crippen molar-refractivity contribution in [2.75, 3.05) is 9.80 Å². The maximum atomic E-state index is 14.0. The Morgan fingerprint density at radius 2 is 1.71 bits per heavy atom. The Morgan fingerprint density at radius 3 is 2.29 bits per heavy atom. The molecule has 2 aliphatic rings. The second-order valence-electron chi connectivity index (χ2n) is 8.81. The quantitative estimate of drug-likeness (QED) is 0.429. The Balaban J connectivity index is 1.86. The predicted molar refractivity (Wildman–Crippen MR) is 128 cm³/mol. The summed E-state index contributed by atoms with van der Waals surface area (Å²) < 4.78 is 43.1. The van der Waals surface area contributed by atoms with Gasteiger partial charge in [0, 0.05) is 22.8 Å². The first-order valence-electron chi connectivity index (χ1n) is 11.2. The van der Waals surface area contributed by atoms with Crippen molar-refractivity contribution in [1.82, 2.24) is 0 Å². The smallest absolute Gasteiger partial charge is 0.410 e. The van der Waals surface area contributed by atoms with Crippen LogP contribution in [0.5, 0.6) is 0 Å². The van der Waals surface area contributed by atoms with Crippen LogP contribution in [-0.2, 0) is 4.74 Å². The third-order valence-corrected chi connectivity index (χ3v) is 6.78. The van der Waals surface area contributed by atoms with Crippen LogP contribution < -0.4 is 9.80 Å². The molecule has 0 saturated carbocycles. The molecule has 0 spiro atoms. The highest BCUT2D eigenvalue weighted by molar-refractivity contribution is 6.30. The fourth-order valence-corrected chi connectivity index (χ4v) is 4.90. The molecular weight excluding hydrogens is 465 g/mol. The number of hydrogen-bond acceptors (Lipinski definition) is 2. The van der Waals surface area contributed by atoms with Crippen molar-refractivity contribution < 1.29 is 22.7 Å². The zero-order valence-corrected chi connectivity index (χ0v) is 20.0. The normalized spacial score (nSPS) is 23.1. The number of aryl methyl sites for hydroxylation is 1. The van der Waals surface area contributed by atoms with Crippen molar-refractivity contribution in [3.63, 3.8) is 0 Å². The van der Waals surface area contributed by atoms with Gasteiger partial charge in [-0.05, 0) is 74.7 Å². The number of alkyl halides is 3. The molecule has 2 aromatic rings. The minimum Gasteiger partial charge on any atom is -0.410 e. The Labute approximate surface area is 202 Å². The van der Waals surface area contributed by atoms with Gasteiger partial charge in [-0.2, -0.15) is 0 Å². The molecule has 2 atom stereocenters. The molecule has 4 rings (SSSR count). The van der Waals surface area contributed by atoms with E-state index in [1.807, 2.05) is 51.1 Å². The number of urea groups is 1. The molecule has 1 heterocycles. The molecule has 8 heteroatoms. The number of nitrogens with zero attached hydrogens (tertiary/aromatic N) is 2. The Hall–Kier alpha value is -2.93. The highest BCUT2D eigenvalue weighted by Crippen LogP contribution is 2.46. The fraction of sp³-hybridized carbons (Fsp3) is 0.346. The number of allylic oxidation sites excluding steroid dienone is 2. The van der Waals surface area contributed by atoms with Crippen LogP contribution in [0.2, 0.25) is 5.02 Å². The molecule has 0 aromatic heterocycles. The third-order valence-electron chi connectivity index (χ3n) is 6.53. The monoisotopic (exact) mass is 490 g/mol. The Morgan fingerprint density at radius 1 is 1.09 bits per heavy atom. The van der Waals surface area contributed by atoms with Crippen LogP contribution in [0.25, 0.3) is 0 Å². The zero-order chi connectivity index (χ0) is 24.7. The summed E-state index contributed by atoms with van der Waals surface area (Å²) in [4.78, 5) is 17.4. The van der Waals surface area contributed by atoms with E-state index in [2.05, 4.69) is 4.74 Å². The third kappa shape index (κ3) is 4.53. The molecule has 1 saturated heterocycles. The van der Waals surface area contributed by atoms with Crippen molar-refractivity contribution >= 4 is 29.0 Å². The van der Waals surface area contributed by atoms with E-state index in [4.69, 9.17) is 11.6 Å². The summed E-state index contributed by atoms with van der Waals surface area (Å²) in [5, 5.41) is 0.526. The minimum absolute atomic E-state index is 0.148. The molecule has 1 fully saturated rings. The second-order valence-corrected chi connectivity index (χ2v) is 9.25. The van der Waals surface area contributed by atoms with Gasteiger partial charge >= 0.3 is 12.4 Å². The van der Waals surface area contributed by atoms with Gasteiger partial charge in [0.15, 0.2) is 0 Å². The first-order valence-corrected chi connectivity index (χ1v) is 11.5. The number of ether oxygens (including phenoxy) is 1. The highest BCUT2D eigenvalue weighted by Gasteiger charge is 2.55. The van der Waals surface area contributed by atoms with Crippen LogP contribution in [0.4, 0.5) is 29.3 Å². The molecule has 0 N–H and O–H groups in total. The Bertz CT molecular complexity index is 1130. The number of benzene rings is 2. The van der Waals surface area contributed by atoms with Gasteiger partial charge in [0.25, 0.3) is 0 Å². The van der Waals surface area contributed by atoms with Crippen LogP contribution in [-0.4, -0.2) is 24.0 Å². The van der Waals surface area contributed by atoms with Gasteiger partial charge in [0.1, 0.15) is 5.76 Å². The molecule has 4 nitrogen and oxygen atoms in total. The molecule has 2 unspecified atom stereocenters. The molecule has 0 bridgehead atoms. The minimum atomic E-state index is -4.77. The highest BCUT2D eigenvalue weighted by atomic mass is 35.5. The number of anilines is 2. The summed E-state index contributed by atoms with van der Waals surface area (Å²) in [5.41, 5.74) is 2.29. The second kappa shape index (κ2) is 9.02. The van der Waals surface area contributed by atoms with E-state index in [9.17, 15) is 18.0 Å². The topological polar surface area (TPSA) is 32.8 Å². The maximum Gasteiger partial charge on any atom is 0.572 e. The lowest BCUT2D eigenvalue weighted by atomic mass is 9.81. The average Bonchev–Trinajstić information content (AvgIpc) is 3.01. The number of carbonyl (C=O) groups excluding carboxylic acids is 1. The van der Waals surface area contributed by atoms with E-state index in [0.717, 1.165) is 11.3 Å². The summed E-state index contributed by atoms with van der Waals surface area (Å²) in [6, 6.07) is 13.8. The van der Waals surface area contributed by atoms with Gasteiger partial charge in [-0.25, -0.2) is 4.79 Å². The van der Waals surface area contributed by atoms with Crippen LogP contribution in [0, 0.1) is 6.92 Å². The van der Waals surface area contributed by atoms with E-state index >= 15 is 0 Å². The molecular formula is C26H26ClF3N2O2. The van der Waals surface area contributed by atoms with Gasteiger partial charge in [-0.3, -0.25) is 9.80 Å². The number of hydrogen-bond donors (Lipinski definition) is 0. The molecule has 1 aliphatic carbocycles. The van der Waals surface area contributed by atoms with Crippen molar-refractivity contribution in [1.29, 1.82) is 0 Å². The zero-order valence-electron chi connectivity index (χ0n) is 19.2. The lowest BCUT2D eigenvalue weighted by Crippen LogP contribution is -2.50. The predicted octanol–water partition coefficient (Wildman–Crippen LogP) is 7.77.